The average Bonchev–Trinajstić information content (AvgIpc) is 2.55. The summed E-state index contributed by atoms with van der Waals surface area (Å²) in [6, 6.07) is 7.33. The molecule has 1 amide bonds. The van der Waals surface area contributed by atoms with Crippen LogP contribution in [0.3, 0.4) is 0 Å². The van der Waals surface area contributed by atoms with Gasteiger partial charge < -0.3 is 15.5 Å². The van der Waals surface area contributed by atoms with E-state index < -0.39 is 0 Å². The minimum absolute atomic E-state index is 0.260. The zero-order valence-electron chi connectivity index (χ0n) is 14.1. The van der Waals surface area contributed by atoms with E-state index in [1.807, 2.05) is 39.2 Å². The maximum atomic E-state index is 12.3. The van der Waals surface area contributed by atoms with Crippen molar-refractivity contribution in [2.75, 3.05) is 37.8 Å². The van der Waals surface area contributed by atoms with E-state index in [1.54, 1.807) is 6.07 Å². The first-order valence-electron chi connectivity index (χ1n) is 7.74. The van der Waals surface area contributed by atoms with Gasteiger partial charge in [-0.05, 0) is 51.7 Å². The Morgan fingerprint density at radius 1 is 1.25 bits per heavy atom. The summed E-state index contributed by atoms with van der Waals surface area (Å²) in [6.45, 7) is 3.78. The van der Waals surface area contributed by atoms with Crippen LogP contribution in [-0.2, 0) is 0 Å². The average molecular weight is 392 g/mol. The molecule has 0 atom stereocenters. The fourth-order valence-electron chi connectivity index (χ4n) is 2.06. The van der Waals surface area contributed by atoms with Crippen molar-refractivity contribution in [3.63, 3.8) is 0 Å². The van der Waals surface area contributed by atoms with Gasteiger partial charge in [-0.25, -0.2) is 9.97 Å². The van der Waals surface area contributed by atoms with Gasteiger partial charge in [0.25, 0.3) is 5.91 Å². The second-order valence-electron chi connectivity index (χ2n) is 5.79. The van der Waals surface area contributed by atoms with Crippen LogP contribution in [-0.4, -0.2) is 48.0 Å². The fraction of sp³-hybridized carbons (Fsp3) is 0.353. The lowest BCUT2D eigenvalue weighted by Gasteiger charge is -2.11. The van der Waals surface area contributed by atoms with Gasteiger partial charge >= 0.3 is 0 Å². The lowest BCUT2D eigenvalue weighted by Crippen LogP contribution is -2.17. The topological polar surface area (TPSA) is 70.2 Å². The predicted molar refractivity (Wildman–Crippen MR) is 101 cm³/mol. The van der Waals surface area contributed by atoms with Gasteiger partial charge in [0.2, 0.25) is 0 Å². The Labute approximate surface area is 150 Å². The third kappa shape index (κ3) is 5.58. The van der Waals surface area contributed by atoms with Gasteiger partial charge in [0.15, 0.2) is 0 Å². The number of anilines is 2. The van der Waals surface area contributed by atoms with E-state index in [1.165, 1.54) is 6.33 Å². The van der Waals surface area contributed by atoms with E-state index >= 15 is 0 Å². The van der Waals surface area contributed by atoms with Gasteiger partial charge in [-0.3, -0.25) is 4.79 Å². The molecule has 7 heteroatoms. The van der Waals surface area contributed by atoms with E-state index in [0.717, 1.165) is 35.2 Å². The summed E-state index contributed by atoms with van der Waals surface area (Å²) in [5.74, 6) is 0.392. The number of aryl methyl sites for hydroxylation is 1. The van der Waals surface area contributed by atoms with Crippen molar-refractivity contribution in [3.8, 4) is 0 Å². The lowest BCUT2D eigenvalue weighted by atomic mass is 10.2. The molecule has 128 valence electrons. The van der Waals surface area contributed by atoms with Gasteiger partial charge in [0, 0.05) is 22.8 Å². The Morgan fingerprint density at radius 2 is 2.04 bits per heavy atom. The lowest BCUT2D eigenvalue weighted by molar-refractivity contribution is 0.102. The number of benzene rings is 1. The molecule has 0 bridgehead atoms. The van der Waals surface area contributed by atoms with Crippen LogP contribution in [0.2, 0.25) is 0 Å². The van der Waals surface area contributed by atoms with E-state index in [-0.39, 0.29) is 5.91 Å². The van der Waals surface area contributed by atoms with Gasteiger partial charge in [0.05, 0.1) is 0 Å². The van der Waals surface area contributed by atoms with Crippen LogP contribution < -0.4 is 10.6 Å². The number of aromatic nitrogens is 2. The molecule has 1 heterocycles. The number of hydrogen-bond acceptors (Lipinski definition) is 5. The molecule has 0 radical (unpaired) electrons. The highest BCUT2D eigenvalue weighted by Gasteiger charge is 2.10. The summed E-state index contributed by atoms with van der Waals surface area (Å²) in [4.78, 5) is 22.7. The van der Waals surface area contributed by atoms with Crippen molar-refractivity contribution in [1.82, 2.24) is 14.9 Å². The van der Waals surface area contributed by atoms with Crippen LogP contribution >= 0.6 is 15.9 Å². The maximum absolute atomic E-state index is 12.3. The Kier molecular flexibility index (Phi) is 6.69. The standard InChI is InChI=1S/C17H22BrN5O/c1-12-5-6-13(9-14(12)18)22-17(24)15-10-16(21-11-20-15)19-7-4-8-23(2)3/h5-6,9-11H,4,7-8H2,1-3H3,(H,22,24)(H,19,20,21). The summed E-state index contributed by atoms with van der Waals surface area (Å²) < 4.78 is 0.950. The molecule has 2 aromatic rings. The maximum Gasteiger partial charge on any atom is 0.274 e. The molecule has 0 aliphatic carbocycles. The number of amides is 1. The third-order valence-electron chi connectivity index (χ3n) is 3.42. The molecule has 0 unspecified atom stereocenters. The highest BCUT2D eigenvalue weighted by molar-refractivity contribution is 9.10. The Hall–Kier alpha value is -1.99. The van der Waals surface area contributed by atoms with Gasteiger partial charge in [0.1, 0.15) is 17.8 Å². The van der Waals surface area contributed by atoms with Gasteiger partial charge in [-0.2, -0.15) is 0 Å². The van der Waals surface area contributed by atoms with Crippen molar-refractivity contribution in [2.45, 2.75) is 13.3 Å². The summed E-state index contributed by atoms with van der Waals surface area (Å²) in [7, 11) is 4.08. The number of carbonyl (C=O) groups excluding carboxylic acids is 1. The van der Waals surface area contributed by atoms with Crippen molar-refractivity contribution in [2.24, 2.45) is 0 Å². The smallest absolute Gasteiger partial charge is 0.274 e. The van der Waals surface area contributed by atoms with Crippen LogP contribution in [0.4, 0.5) is 11.5 Å². The zero-order chi connectivity index (χ0) is 17.5. The SMILES string of the molecule is Cc1ccc(NC(=O)c2cc(NCCCN(C)C)ncn2)cc1Br. The van der Waals surface area contributed by atoms with Crippen LogP contribution in [0, 0.1) is 6.92 Å². The fourth-order valence-corrected chi connectivity index (χ4v) is 2.43. The molecule has 0 spiro atoms. The van der Waals surface area contributed by atoms with E-state index in [2.05, 4.69) is 41.4 Å². The van der Waals surface area contributed by atoms with Gasteiger partial charge in [-0.1, -0.05) is 22.0 Å². The predicted octanol–water partition coefficient (Wildman–Crippen LogP) is 3.16. The zero-order valence-corrected chi connectivity index (χ0v) is 15.7. The normalized spacial score (nSPS) is 10.7. The molecule has 0 fully saturated rings. The highest BCUT2D eigenvalue weighted by Crippen LogP contribution is 2.21. The molecule has 1 aromatic heterocycles. The van der Waals surface area contributed by atoms with Crippen LogP contribution in [0.1, 0.15) is 22.5 Å². The first kappa shape index (κ1) is 18.4. The molecule has 0 saturated heterocycles. The number of halogens is 1. The molecular weight excluding hydrogens is 370 g/mol. The number of nitrogens with zero attached hydrogens (tertiary/aromatic N) is 3. The molecule has 1 aromatic carbocycles. The quantitative estimate of drug-likeness (QED) is 0.709. The minimum Gasteiger partial charge on any atom is -0.370 e. The summed E-state index contributed by atoms with van der Waals surface area (Å²) in [6.07, 6.45) is 2.39. The molecular formula is C17H22BrN5O. The second-order valence-corrected chi connectivity index (χ2v) is 6.64. The van der Waals surface area contributed by atoms with Crippen LogP contribution in [0.5, 0.6) is 0 Å². The monoisotopic (exact) mass is 391 g/mol. The Morgan fingerprint density at radius 3 is 2.75 bits per heavy atom. The molecule has 2 N–H and O–H groups in total. The molecule has 2 rings (SSSR count). The van der Waals surface area contributed by atoms with Crippen molar-refractivity contribution in [1.29, 1.82) is 0 Å². The van der Waals surface area contributed by atoms with Crippen molar-refractivity contribution < 1.29 is 4.79 Å². The van der Waals surface area contributed by atoms with Crippen molar-refractivity contribution >= 4 is 33.3 Å². The molecule has 0 aliphatic heterocycles. The number of rotatable bonds is 7. The van der Waals surface area contributed by atoms with E-state index in [4.69, 9.17) is 0 Å². The Bertz CT molecular complexity index is 705. The first-order valence-corrected chi connectivity index (χ1v) is 8.53. The third-order valence-corrected chi connectivity index (χ3v) is 4.27. The summed E-state index contributed by atoms with van der Waals surface area (Å²) in [5, 5.41) is 6.05. The molecule has 0 aliphatic rings. The van der Waals surface area contributed by atoms with E-state index in [9.17, 15) is 4.79 Å². The number of nitrogens with one attached hydrogen (secondary N) is 2. The largest absolute Gasteiger partial charge is 0.370 e. The summed E-state index contributed by atoms with van der Waals surface area (Å²) in [5.41, 5.74) is 2.16. The van der Waals surface area contributed by atoms with Crippen LogP contribution in [0.15, 0.2) is 35.1 Å². The Balaban J connectivity index is 1.96. The van der Waals surface area contributed by atoms with Gasteiger partial charge in [-0.15, -0.1) is 0 Å². The highest BCUT2D eigenvalue weighted by atomic mass is 79.9. The van der Waals surface area contributed by atoms with E-state index in [0.29, 0.717) is 11.5 Å². The van der Waals surface area contributed by atoms with Crippen LogP contribution in [0.25, 0.3) is 0 Å². The molecule has 0 saturated carbocycles. The second kappa shape index (κ2) is 8.75. The van der Waals surface area contributed by atoms with Crippen molar-refractivity contribution in [3.05, 3.63) is 46.3 Å². The first-order chi connectivity index (χ1) is 11.5. The minimum atomic E-state index is -0.260. The summed E-state index contributed by atoms with van der Waals surface area (Å²) >= 11 is 3.46. The number of hydrogen-bond donors (Lipinski definition) is 2. The number of carbonyl (C=O) groups is 1. The molecule has 6 nitrogen and oxygen atoms in total. The molecule has 24 heavy (non-hydrogen) atoms.